The standard InChI is InChI=1S/C18H14ClN3O3S/c1-11(17-20-8-9-21-17)18(23)22-13-4-2-3-5-15(13)26(24,25)16-7-6-12(19)10-14(16)22/h2-11H,1H3,(H,20,21). The summed E-state index contributed by atoms with van der Waals surface area (Å²) in [6.45, 7) is 1.72. The van der Waals surface area contributed by atoms with E-state index in [2.05, 4.69) is 9.97 Å². The second kappa shape index (κ2) is 5.96. The molecule has 1 N–H and O–H groups in total. The van der Waals surface area contributed by atoms with Crippen LogP contribution < -0.4 is 4.90 Å². The Labute approximate surface area is 155 Å². The van der Waals surface area contributed by atoms with E-state index in [0.29, 0.717) is 16.5 Å². The third kappa shape index (κ3) is 2.43. The number of para-hydroxylation sites is 1. The Kier molecular flexibility index (Phi) is 3.86. The van der Waals surface area contributed by atoms with Gasteiger partial charge in [-0.05, 0) is 37.3 Å². The van der Waals surface area contributed by atoms with Gasteiger partial charge in [-0.15, -0.1) is 0 Å². The minimum absolute atomic E-state index is 0.0561. The Morgan fingerprint density at radius 2 is 1.88 bits per heavy atom. The number of rotatable bonds is 2. The summed E-state index contributed by atoms with van der Waals surface area (Å²) in [6, 6.07) is 10.9. The summed E-state index contributed by atoms with van der Waals surface area (Å²) in [6.07, 6.45) is 3.21. The van der Waals surface area contributed by atoms with E-state index in [0.717, 1.165) is 0 Å². The number of nitrogens with zero attached hydrogens (tertiary/aromatic N) is 2. The summed E-state index contributed by atoms with van der Waals surface area (Å²) in [5, 5.41) is 0.349. The number of imidazole rings is 1. The lowest BCUT2D eigenvalue weighted by Crippen LogP contribution is -2.35. The topological polar surface area (TPSA) is 83.1 Å². The van der Waals surface area contributed by atoms with Crippen molar-refractivity contribution in [3.05, 3.63) is 65.7 Å². The van der Waals surface area contributed by atoms with E-state index in [1.807, 2.05) is 0 Å². The smallest absolute Gasteiger partial charge is 0.242 e. The van der Waals surface area contributed by atoms with Crippen LogP contribution in [0.5, 0.6) is 0 Å². The Balaban J connectivity index is 1.96. The Bertz CT molecular complexity index is 1110. The van der Waals surface area contributed by atoms with E-state index < -0.39 is 15.8 Å². The van der Waals surface area contributed by atoms with E-state index in [1.54, 1.807) is 37.5 Å². The highest BCUT2D eigenvalue weighted by Gasteiger charge is 2.38. The van der Waals surface area contributed by atoms with Crippen LogP contribution in [0.1, 0.15) is 18.7 Å². The van der Waals surface area contributed by atoms with E-state index in [4.69, 9.17) is 11.6 Å². The van der Waals surface area contributed by atoms with Gasteiger partial charge in [0.25, 0.3) is 0 Å². The molecular weight excluding hydrogens is 374 g/mol. The lowest BCUT2D eigenvalue weighted by Gasteiger charge is -2.32. The predicted molar refractivity (Wildman–Crippen MR) is 97.5 cm³/mol. The van der Waals surface area contributed by atoms with Gasteiger partial charge in [-0.2, -0.15) is 0 Å². The number of amides is 1. The van der Waals surface area contributed by atoms with E-state index in [9.17, 15) is 13.2 Å². The number of carbonyl (C=O) groups is 1. The number of hydrogen-bond donors (Lipinski definition) is 1. The number of carbonyl (C=O) groups excluding carboxylic acids is 1. The maximum Gasteiger partial charge on any atom is 0.242 e. The second-order valence-corrected chi connectivity index (χ2v) is 8.28. The van der Waals surface area contributed by atoms with E-state index in [-0.39, 0.29) is 21.4 Å². The van der Waals surface area contributed by atoms with Gasteiger partial charge in [0.05, 0.1) is 27.1 Å². The Morgan fingerprint density at radius 1 is 1.15 bits per heavy atom. The van der Waals surface area contributed by atoms with Crippen LogP contribution in [0.4, 0.5) is 11.4 Å². The number of anilines is 2. The minimum atomic E-state index is -3.74. The molecule has 0 spiro atoms. The molecule has 0 saturated heterocycles. The van der Waals surface area contributed by atoms with Crippen molar-refractivity contribution in [3.8, 4) is 0 Å². The normalized spacial score (nSPS) is 15.8. The van der Waals surface area contributed by atoms with Crippen molar-refractivity contribution in [2.75, 3.05) is 4.90 Å². The monoisotopic (exact) mass is 387 g/mol. The summed E-state index contributed by atoms with van der Waals surface area (Å²) < 4.78 is 25.9. The van der Waals surface area contributed by atoms with Crippen LogP contribution in [0.3, 0.4) is 0 Å². The number of halogens is 1. The molecule has 6 nitrogen and oxygen atoms in total. The number of sulfone groups is 1. The summed E-state index contributed by atoms with van der Waals surface area (Å²) in [5.41, 5.74) is 0.560. The molecule has 1 atom stereocenters. The van der Waals surface area contributed by atoms with Gasteiger partial charge in [0.1, 0.15) is 5.82 Å². The number of nitrogens with one attached hydrogen (secondary N) is 1. The molecule has 0 aliphatic carbocycles. The van der Waals surface area contributed by atoms with Crippen LogP contribution in [-0.4, -0.2) is 24.3 Å². The highest BCUT2D eigenvalue weighted by Crippen LogP contribution is 2.45. The number of benzene rings is 2. The molecule has 0 saturated carbocycles. The van der Waals surface area contributed by atoms with Crippen LogP contribution in [0.25, 0.3) is 0 Å². The molecule has 1 aromatic heterocycles. The van der Waals surface area contributed by atoms with Gasteiger partial charge < -0.3 is 4.98 Å². The van der Waals surface area contributed by atoms with Gasteiger partial charge in [0, 0.05) is 17.4 Å². The first-order valence-corrected chi connectivity index (χ1v) is 9.74. The summed E-state index contributed by atoms with van der Waals surface area (Å²) >= 11 is 6.09. The fourth-order valence-electron chi connectivity index (χ4n) is 3.07. The summed E-state index contributed by atoms with van der Waals surface area (Å²) in [5.74, 6) is -0.388. The molecule has 3 aromatic rings. The molecule has 0 fully saturated rings. The van der Waals surface area contributed by atoms with Gasteiger partial charge in [0.15, 0.2) is 0 Å². The van der Waals surface area contributed by atoms with Gasteiger partial charge in [-0.25, -0.2) is 13.4 Å². The highest BCUT2D eigenvalue weighted by atomic mass is 35.5. The maximum absolute atomic E-state index is 13.3. The molecule has 2 aromatic carbocycles. The maximum atomic E-state index is 13.3. The van der Waals surface area contributed by atoms with E-state index >= 15 is 0 Å². The Hall–Kier alpha value is -2.64. The molecule has 26 heavy (non-hydrogen) atoms. The number of hydrogen-bond acceptors (Lipinski definition) is 4. The van der Waals surface area contributed by atoms with Gasteiger partial charge >= 0.3 is 0 Å². The third-order valence-electron chi connectivity index (χ3n) is 4.37. The zero-order chi connectivity index (χ0) is 18.5. The summed E-state index contributed by atoms with van der Waals surface area (Å²) in [7, 11) is -3.74. The zero-order valence-electron chi connectivity index (χ0n) is 13.7. The van der Waals surface area contributed by atoms with Crippen molar-refractivity contribution in [1.82, 2.24) is 9.97 Å². The first-order valence-electron chi connectivity index (χ1n) is 7.88. The number of fused-ring (bicyclic) bond motifs is 2. The molecule has 1 aliphatic heterocycles. The number of aromatic amines is 1. The van der Waals surface area contributed by atoms with Crippen molar-refractivity contribution in [3.63, 3.8) is 0 Å². The summed E-state index contributed by atoms with van der Waals surface area (Å²) in [4.78, 5) is 21.9. The first-order chi connectivity index (χ1) is 12.4. The molecule has 1 unspecified atom stereocenters. The van der Waals surface area contributed by atoms with Crippen LogP contribution in [0.15, 0.2) is 64.6 Å². The number of H-pyrrole nitrogens is 1. The molecule has 0 bridgehead atoms. The lowest BCUT2D eigenvalue weighted by molar-refractivity contribution is -0.119. The second-order valence-electron chi connectivity index (χ2n) is 5.95. The number of aromatic nitrogens is 2. The van der Waals surface area contributed by atoms with Gasteiger partial charge in [-0.1, -0.05) is 23.7 Å². The van der Waals surface area contributed by atoms with Gasteiger partial charge in [-0.3, -0.25) is 9.69 Å². The van der Waals surface area contributed by atoms with Crippen LogP contribution in [-0.2, 0) is 14.6 Å². The molecule has 132 valence electrons. The average Bonchev–Trinajstić information content (AvgIpc) is 3.15. The third-order valence-corrected chi connectivity index (χ3v) is 6.45. The van der Waals surface area contributed by atoms with Crippen molar-refractivity contribution in [2.45, 2.75) is 22.6 Å². The fraction of sp³-hybridized carbons (Fsp3) is 0.111. The van der Waals surface area contributed by atoms with Gasteiger partial charge in [0.2, 0.25) is 15.7 Å². The quantitative estimate of drug-likeness (QED) is 0.727. The largest absolute Gasteiger partial charge is 0.348 e. The molecule has 2 heterocycles. The average molecular weight is 388 g/mol. The van der Waals surface area contributed by atoms with Crippen molar-refractivity contribution in [2.24, 2.45) is 0 Å². The van der Waals surface area contributed by atoms with Crippen molar-refractivity contribution >= 4 is 38.7 Å². The molecule has 8 heteroatoms. The molecule has 1 aliphatic rings. The highest BCUT2D eigenvalue weighted by molar-refractivity contribution is 7.92. The Morgan fingerprint density at radius 3 is 2.62 bits per heavy atom. The SMILES string of the molecule is CC(C(=O)N1c2ccccc2S(=O)(=O)c2ccc(Cl)cc21)c1ncc[nH]1. The molecule has 4 rings (SSSR count). The molecule has 0 radical (unpaired) electrons. The van der Waals surface area contributed by atoms with E-state index in [1.165, 1.54) is 29.2 Å². The molecular formula is C18H14ClN3O3S. The lowest BCUT2D eigenvalue weighted by atomic mass is 10.1. The fourth-order valence-corrected chi connectivity index (χ4v) is 4.84. The van der Waals surface area contributed by atoms with Crippen molar-refractivity contribution in [1.29, 1.82) is 0 Å². The van der Waals surface area contributed by atoms with Crippen LogP contribution >= 0.6 is 11.6 Å². The minimum Gasteiger partial charge on any atom is -0.348 e. The van der Waals surface area contributed by atoms with Crippen LogP contribution in [0.2, 0.25) is 5.02 Å². The molecule has 1 amide bonds. The predicted octanol–water partition coefficient (Wildman–Crippen LogP) is 3.68. The van der Waals surface area contributed by atoms with Crippen molar-refractivity contribution < 1.29 is 13.2 Å². The zero-order valence-corrected chi connectivity index (χ0v) is 15.3. The first kappa shape index (κ1) is 16.8. The van der Waals surface area contributed by atoms with Crippen LogP contribution in [0, 0.1) is 0 Å².